The average Bonchev–Trinajstić information content (AvgIpc) is 2.44. The molecule has 0 bridgehead atoms. The number of aromatic nitrogens is 1. The summed E-state index contributed by atoms with van der Waals surface area (Å²) >= 11 is 0. The number of nitrogens with zero attached hydrogens (tertiary/aromatic N) is 1. The second kappa shape index (κ2) is 6.65. The molecule has 21 heavy (non-hydrogen) atoms. The average molecular weight is 283 g/mol. The van der Waals surface area contributed by atoms with Crippen LogP contribution in [-0.4, -0.2) is 23.3 Å². The molecule has 0 unspecified atom stereocenters. The molecule has 0 saturated carbocycles. The molecular weight excluding hydrogens is 266 g/mol. The number of carbonyl (C=O) groups is 2. The monoisotopic (exact) mass is 283 g/mol. The number of hydrogen-bond acceptors (Lipinski definition) is 3. The maximum atomic E-state index is 11.8. The lowest BCUT2D eigenvalue weighted by molar-refractivity contribution is -0.115. The van der Waals surface area contributed by atoms with Crippen molar-refractivity contribution in [1.29, 1.82) is 0 Å². The van der Waals surface area contributed by atoms with E-state index >= 15 is 0 Å². The van der Waals surface area contributed by atoms with Crippen molar-refractivity contribution in [3.05, 3.63) is 59.4 Å². The highest BCUT2D eigenvalue weighted by Gasteiger charge is 2.08. The first-order valence-corrected chi connectivity index (χ1v) is 6.61. The predicted molar refractivity (Wildman–Crippen MR) is 81.1 cm³/mol. The maximum Gasteiger partial charge on any atom is 0.253 e. The zero-order valence-corrected chi connectivity index (χ0v) is 12.0. The zero-order chi connectivity index (χ0) is 15.2. The first-order chi connectivity index (χ1) is 10.0. The summed E-state index contributed by atoms with van der Waals surface area (Å²) in [5, 5.41) is 5.32. The van der Waals surface area contributed by atoms with Crippen LogP contribution in [0.4, 0.5) is 5.69 Å². The largest absolute Gasteiger partial charge is 0.343 e. The normalized spacial score (nSPS) is 10.0. The van der Waals surface area contributed by atoms with Crippen LogP contribution in [0.3, 0.4) is 0 Å². The van der Waals surface area contributed by atoms with Gasteiger partial charge in [0.05, 0.1) is 12.1 Å². The van der Waals surface area contributed by atoms with E-state index in [9.17, 15) is 9.59 Å². The molecule has 0 saturated heterocycles. The fourth-order valence-corrected chi connectivity index (χ4v) is 2.01. The van der Waals surface area contributed by atoms with Gasteiger partial charge in [-0.2, -0.15) is 0 Å². The Kier molecular flexibility index (Phi) is 4.66. The van der Waals surface area contributed by atoms with Crippen molar-refractivity contribution in [2.45, 2.75) is 13.8 Å². The van der Waals surface area contributed by atoms with Gasteiger partial charge in [0.25, 0.3) is 5.91 Å². The van der Waals surface area contributed by atoms with Gasteiger partial charge in [0.2, 0.25) is 5.91 Å². The highest BCUT2D eigenvalue weighted by molar-refractivity contribution is 5.99. The molecule has 2 aromatic rings. The summed E-state index contributed by atoms with van der Waals surface area (Å²) in [6.07, 6.45) is 3.04. The van der Waals surface area contributed by atoms with E-state index in [-0.39, 0.29) is 18.4 Å². The van der Waals surface area contributed by atoms with Crippen LogP contribution in [0.5, 0.6) is 0 Å². The number of benzene rings is 1. The van der Waals surface area contributed by atoms with E-state index in [0.29, 0.717) is 5.56 Å². The molecule has 0 fully saturated rings. The van der Waals surface area contributed by atoms with Gasteiger partial charge in [0.15, 0.2) is 0 Å². The second-order valence-corrected chi connectivity index (χ2v) is 4.85. The minimum absolute atomic E-state index is 0.0826. The fourth-order valence-electron chi connectivity index (χ4n) is 2.01. The maximum absolute atomic E-state index is 11.8. The van der Waals surface area contributed by atoms with Crippen LogP contribution in [0.1, 0.15) is 21.5 Å². The first-order valence-electron chi connectivity index (χ1n) is 6.61. The summed E-state index contributed by atoms with van der Waals surface area (Å²) < 4.78 is 0. The van der Waals surface area contributed by atoms with Gasteiger partial charge in [-0.1, -0.05) is 6.07 Å². The number of nitrogens with one attached hydrogen (secondary N) is 2. The van der Waals surface area contributed by atoms with Crippen LogP contribution in [0, 0.1) is 13.8 Å². The highest BCUT2D eigenvalue weighted by atomic mass is 16.2. The smallest absolute Gasteiger partial charge is 0.253 e. The Morgan fingerprint density at radius 2 is 1.86 bits per heavy atom. The summed E-state index contributed by atoms with van der Waals surface area (Å²) in [6, 6.07) is 9.11. The van der Waals surface area contributed by atoms with Crippen LogP contribution in [0.2, 0.25) is 0 Å². The van der Waals surface area contributed by atoms with E-state index in [4.69, 9.17) is 0 Å². The molecule has 0 aliphatic rings. The molecule has 0 aliphatic heterocycles. The van der Waals surface area contributed by atoms with Crippen LogP contribution in [0.15, 0.2) is 42.7 Å². The van der Waals surface area contributed by atoms with E-state index < -0.39 is 0 Å². The molecule has 1 heterocycles. The number of aryl methyl sites for hydroxylation is 2. The topological polar surface area (TPSA) is 71.1 Å². The van der Waals surface area contributed by atoms with Crippen molar-refractivity contribution in [2.24, 2.45) is 0 Å². The van der Waals surface area contributed by atoms with Gasteiger partial charge in [-0.25, -0.2) is 0 Å². The number of hydrogen-bond donors (Lipinski definition) is 2. The summed E-state index contributed by atoms with van der Waals surface area (Å²) in [6.45, 7) is 3.85. The van der Waals surface area contributed by atoms with E-state index in [2.05, 4.69) is 15.6 Å². The zero-order valence-electron chi connectivity index (χ0n) is 12.0. The minimum atomic E-state index is -0.321. The van der Waals surface area contributed by atoms with Gasteiger partial charge < -0.3 is 10.6 Å². The van der Waals surface area contributed by atoms with Crippen molar-refractivity contribution in [2.75, 3.05) is 11.9 Å². The van der Waals surface area contributed by atoms with Crippen molar-refractivity contribution >= 4 is 17.5 Å². The summed E-state index contributed by atoms with van der Waals surface area (Å²) in [4.78, 5) is 27.5. The Morgan fingerprint density at radius 3 is 2.48 bits per heavy atom. The number of amides is 2. The standard InChI is InChI=1S/C16H17N3O2/c1-11-6-12(2)8-14(7-11)19-15(20)10-18-16(21)13-4-3-5-17-9-13/h3-9H,10H2,1-2H3,(H,18,21)(H,19,20). The van der Waals surface area contributed by atoms with Crippen molar-refractivity contribution < 1.29 is 9.59 Å². The molecular formula is C16H17N3O2. The predicted octanol–water partition coefficient (Wildman–Crippen LogP) is 2.07. The molecule has 2 N–H and O–H groups in total. The van der Waals surface area contributed by atoms with Gasteiger partial charge in [0.1, 0.15) is 0 Å². The lowest BCUT2D eigenvalue weighted by atomic mass is 10.1. The van der Waals surface area contributed by atoms with E-state index in [0.717, 1.165) is 16.8 Å². The Labute approximate surface area is 123 Å². The van der Waals surface area contributed by atoms with Crippen molar-refractivity contribution in [1.82, 2.24) is 10.3 Å². The Bertz CT molecular complexity index is 634. The Morgan fingerprint density at radius 1 is 1.14 bits per heavy atom. The third-order valence-corrected chi connectivity index (χ3v) is 2.84. The van der Waals surface area contributed by atoms with Gasteiger partial charge >= 0.3 is 0 Å². The molecule has 5 heteroatoms. The summed E-state index contributed by atoms with van der Waals surface area (Å²) in [5.41, 5.74) is 3.30. The second-order valence-electron chi connectivity index (χ2n) is 4.85. The minimum Gasteiger partial charge on any atom is -0.343 e. The first kappa shape index (κ1) is 14.7. The Hall–Kier alpha value is -2.69. The number of pyridine rings is 1. The molecule has 2 rings (SSSR count). The Balaban J connectivity index is 1.89. The SMILES string of the molecule is Cc1cc(C)cc(NC(=O)CNC(=O)c2cccnc2)c1. The molecule has 1 aromatic heterocycles. The molecule has 5 nitrogen and oxygen atoms in total. The van der Waals surface area contributed by atoms with Crippen molar-refractivity contribution in [3.63, 3.8) is 0 Å². The number of rotatable bonds is 4. The molecule has 0 radical (unpaired) electrons. The van der Waals surface area contributed by atoms with E-state index in [1.165, 1.54) is 6.20 Å². The van der Waals surface area contributed by atoms with E-state index in [1.54, 1.807) is 18.3 Å². The van der Waals surface area contributed by atoms with Crippen molar-refractivity contribution in [3.8, 4) is 0 Å². The van der Waals surface area contributed by atoms with E-state index in [1.807, 2.05) is 32.0 Å². The number of anilines is 1. The molecule has 0 atom stereocenters. The van der Waals surface area contributed by atoms with Gasteiger partial charge in [-0.05, 0) is 49.2 Å². The van der Waals surface area contributed by atoms with Crippen LogP contribution in [0.25, 0.3) is 0 Å². The molecule has 1 aromatic carbocycles. The van der Waals surface area contributed by atoms with Crippen LogP contribution >= 0.6 is 0 Å². The molecule has 108 valence electrons. The summed E-state index contributed by atoms with van der Waals surface area (Å²) in [5.74, 6) is -0.587. The quantitative estimate of drug-likeness (QED) is 0.902. The van der Waals surface area contributed by atoms with Gasteiger partial charge in [-0.3, -0.25) is 14.6 Å². The molecule has 0 spiro atoms. The highest BCUT2D eigenvalue weighted by Crippen LogP contribution is 2.13. The van der Waals surface area contributed by atoms with Crippen LogP contribution < -0.4 is 10.6 Å². The van der Waals surface area contributed by atoms with Crippen LogP contribution in [-0.2, 0) is 4.79 Å². The lowest BCUT2D eigenvalue weighted by Gasteiger charge is -2.08. The third kappa shape index (κ3) is 4.42. The molecule has 0 aliphatic carbocycles. The van der Waals surface area contributed by atoms with Gasteiger partial charge in [0, 0.05) is 18.1 Å². The number of carbonyl (C=O) groups excluding carboxylic acids is 2. The summed E-state index contributed by atoms with van der Waals surface area (Å²) in [7, 11) is 0. The lowest BCUT2D eigenvalue weighted by Crippen LogP contribution is -2.32. The van der Waals surface area contributed by atoms with Gasteiger partial charge in [-0.15, -0.1) is 0 Å². The fraction of sp³-hybridized carbons (Fsp3) is 0.188. The third-order valence-electron chi connectivity index (χ3n) is 2.84. The molecule has 2 amide bonds.